The summed E-state index contributed by atoms with van der Waals surface area (Å²) in [6, 6.07) is 0. The van der Waals surface area contributed by atoms with Crippen molar-refractivity contribution in [1.82, 2.24) is 10.6 Å². The summed E-state index contributed by atoms with van der Waals surface area (Å²) in [5.74, 6) is 0.197. The Hall–Kier alpha value is -0.830. The van der Waals surface area contributed by atoms with Crippen LogP contribution < -0.4 is 10.6 Å². The van der Waals surface area contributed by atoms with Crippen molar-refractivity contribution in [3.8, 4) is 0 Å². The predicted molar refractivity (Wildman–Crippen MR) is 62.7 cm³/mol. The van der Waals surface area contributed by atoms with E-state index in [0.717, 1.165) is 38.9 Å². The Balaban J connectivity index is 2.07. The van der Waals surface area contributed by atoms with Crippen molar-refractivity contribution in [2.75, 3.05) is 19.6 Å². The van der Waals surface area contributed by atoms with Gasteiger partial charge in [0.2, 0.25) is 5.91 Å². The molecule has 3 heteroatoms. The first-order chi connectivity index (χ1) is 7.33. The summed E-state index contributed by atoms with van der Waals surface area (Å²) in [4.78, 5) is 11.4. The van der Waals surface area contributed by atoms with Gasteiger partial charge in [-0.3, -0.25) is 4.79 Å². The second kappa shape index (κ2) is 7.46. The smallest absolute Gasteiger partial charge is 0.220 e. The molecule has 1 aliphatic heterocycles. The molecule has 1 rings (SSSR count). The molecule has 0 aromatic carbocycles. The van der Waals surface area contributed by atoms with Crippen molar-refractivity contribution in [2.24, 2.45) is 0 Å². The van der Waals surface area contributed by atoms with Crippen molar-refractivity contribution in [3.63, 3.8) is 0 Å². The van der Waals surface area contributed by atoms with Crippen LogP contribution in [0.5, 0.6) is 0 Å². The van der Waals surface area contributed by atoms with Gasteiger partial charge in [0.05, 0.1) is 0 Å². The quantitative estimate of drug-likeness (QED) is 0.516. The highest BCUT2D eigenvalue weighted by Gasteiger charge is 2.05. The highest BCUT2D eigenvalue weighted by Crippen LogP contribution is 2.03. The fourth-order valence-corrected chi connectivity index (χ4v) is 1.67. The van der Waals surface area contributed by atoms with Gasteiger partial charge in [-0.1, -0.05) is 31.4 Å². The van der Waals surface area contributed by atoms with E-state index >= 15 is 0 Å². The maximum Gasteiger partial charge on any atom is 0.220 e. The average Bonchev–Trinajstić information content (AvgIpc) is 2.28. The third kappa shape index (κ3) is 5.57. The standard InChI is InChI=1S/C12H22N2O/c1-2-3-4-5-12(15)14-10-11-6-8-13-9-7-11/h6,13H,2-5,7-10H2,1H3,(H,14,15). The predicted octanol–water partition coefficient (Wildman–Crippen LogP) is 1.60. The van der Waals surface area contributed by atoms with E-state index in [1.807, 2.05) is 0 Å². The van der Waals surface area contributed by atoms with Crippen molar-refractivity contribution in [3.05, 3.63) is 11.6 Å². The molecule has 0 aromatic heterocycles. The molecular weight excluding hydrogens is 188 g/mol. The number of carbonyl (C=O) groups excluding carboxylic acids is 1. The zero-order valence-electron chi connectivity index (χ0n) is 9.64. The van der Waals surface area contributed by atoms with E-state index in [1.165, 1.54) is 12.0 Å². The summed E-state index contributed by atoms with van der Waals surface area (Å²) in [5.41, 5.74) is 1.36. The Bertz CT molecular complexity index is 224. The van der Waals surface area contributed by atoms with E-state index in [2.05, 4.69) is 23.6 Å². The zero-order valence-corrected chi connectivity index (χ0v) is 9.64. The lowest BCUT2D eigenvalue weighted by atomic mass is 10.1. The molecule has 0 bridgehead atoms. The Kier molecular flexibility index (Phi) is 6.09. The molecule has 86 valence electrons. The molecular formula is C12H22N2O. The van der Waals surface area contributed by atoms with Crippen LogP contribution in [0, 0.1) is 0 Å². The first kappa shape index (κ1) is 12.2. The summed E-state index contributed by atoms with van der Waals surface area (Å²) in [7, 11) is 0. The van der Waals surface area contributed by atoms with Gasteiger partial charge in [0, 0.05) is 19.5 Å². The lowest BCUT2D eigenvalue weighted by molar-refractivity contribution is -0.121. The molecule has 0 unspecified atom stereocenters. The molecule has 2 N–H and O–H groups in total. The number of unbranched alkanes of at least 4 members (excludes halogenated alkanes) is 2. The fraction of sp³-hybridized carbons (Fsp3) is 0.750. The molecule has 1 amide bonds. The monoisotopic (exact) mass is 210 g/mol. The summed E-state index contributed by atoms with van der Waals surface area (Å²) in [6.45, 7) is 4.88. The van der Waals surface area contributed by atoms with Gasteiger partial charge in [0.25, 0.3) is 0 Å². The van der Waals surface area contributed by atoms with Crippen LogP contribution in [0.2, 0.25) is 0 Å². The second-order valence-electron chi connectivity index (χ2n) is 4.05. The Morgan fingerprint density at radius 1 is 1.53 bits per heavy atom. The number of hydrogen-bond donors (Lipinski definition) is 2. The van der Waals surface area contributed by atoms with Gasteiger partial charge in [-0.2, -0.15) is 0 Å². The summed E-state index contributed by atoms with van der Waals surface area (Å²) in [5, 5.41) is 6.23. The summed E-state index contributed by atoms with van der Waals surface area (Å²) >= 11 is 0. The van der Waals surface area contributed by atoms with Gasteiger partial charge in [-0.15, -0.1) is 0 Å². The maximum absolute atomic E-state index is 11.4. The maximum atomic E-state index is 11.4. The number of hydrogen-bond acceptors (Lipinski definition) is 2. The molecule has 0 atom stereocenters. The third-order valence-corrected chi connectivity index (χ3v) is 2.68. The first-order valence-electron chi connectivity index (χ1n) is 5.98. The van der Waals surface area contributed by atoms with Gasteiger partial charge >= 0.3 is 0 Å². The molecule has 0 fully saturated rings. The molecule has 0 spiro atoms. The molecule has 15 heavy (non-hydrogen) atoms. The molecule has 0 radical (unpaired) electrons. The highest BCUT2D eigenvalue weighted by atomic mass is 16.1. The van der Waals surface area contributed by atoms with Crippen LogP contribution in [-0.2, 0) is 4.79 Å². The topological polar surface area (TPSA) is 41.1 Å². The minimum atomic E-state index is 0.197. The molecule has 0 aromatic rings. The number of carbonyl (C=O) groups is 1. The van der Waals surface area contributed by atoms with E-state index in [1.54, 1.807) is 0 Å². The van der Waals surface area contributed by atoms with E-state index in [0.29, 0.717) is 6.42 Å². The van der Waals surface area contributed by atoms with E-state index in [-0.39, 0.29) is 5.91 Å². The normalized spacial score (nSPS) is 15.9. The average molecular weight is 210 g/mol. The van der Waals surface area contributed by atoms with Gasteiger partial charge < -0.3 is 10.6 Å². The van der Waals surface area contributed by atoms with Gasteiger partial charge in [0.15, 0.2) is 0 Å². The largest absolute Gasteiger partial charge is 0.352 e. The van der Waals surface area contributed by atoms with Crippen LogP contribution in [0.3, 0.4) is 0 Å². The number of nitrogens with one attached hydrogen (secondary N) is 2. The van der Waals surface area contributed by atoms with Crippen LogP contribution in [0.25, 0.3) is 0 Å². The lowest BCUT2D eigenvalue weighted by Gasteiger charge is -2.14. The van der Waals surface area contributed by atoms with E-state index < -0.39 is 0 Å². The zero-order chi connectivity index (χ0) is 10.9. The SMILES string of the molecule is CCCCCC(=O)NCC1=CCNCC1. The summed E-state index contributed by atoms with van der Waals surface area (Å²) in [6.07, 6.45) is 7.26. The van der Waals surface area contributed by atoms with Crippen molar-refractivity contribution in [2.45, 2.75) is 39.0 Å². The highest BCUT2D eigenvalue weighted by molar-refractivity contribution is 5.76. The molecule has 0 saturated heterocycles. The third-order valence-electron chi connectivity index (χ3n) is 2.68. The molecule has 0 aliphatic carbocycles. The van der Waals surface area contributed by atoms with Crippen molar-refractivity contribution in [1.29, 1.82) is 0 Å². The van der Waals surface area contributed by atoms with Crippen LogP contribution in [0.4, 0.5) is 0 Å². The van der Waals surface area contributed by atoms with Crippen molar-refractivity contribution >= 4 is 5.91 Å². The number of rotatable bonds is 6. The second-order valence-corrected chi connectivity index (χ2v) is 4.05. The van der Waals surface area contributed by atoms with Gasteiger partial charge in [-0.05, 0) is 19.4 Å². The minimum Gasteiger partial charge on any atom is -0.352 e. The lowest BCUT2D eigenvalue weighted by Crippen LogP contribution is -2.29. The van der Waals surface area contributed by atoms with Crippen LogP contribution >= 0.6 is 0 Å². The van der Waals surface area contributed by atoms with Gasteiger partial charge in [-0.25, -0.2) is 0 Å². The first-order valence-corrected chi connectivity index (χ1v) is 5.98. The van der Waals surface area contributed by atoms with Gasteiger partial charge in [0.1, 0.15) is 0 Å². The summed E-state index contributed by atoms with van der Waals surface area (Å²) < 4.78 is 0. The molecule has 0 saturated carbocycles. The van der Waals surface area contributed by atoms with Crippen molar-refractivity contribution < 1.29 is 4.79 Å². The Morgan fingerprint density at radius 3 is 3.07 bits per heavy atom. The fourth-order valence-electron chi connectivity index (χ4n) is 1.67. The van der Waals surface area contributed by atoms with E-state index in [9.17, 15) is 4.79 Å². The van der Waals surface area contributed by atoms with Crippen LogP contribution in [0.15, 0.2) is 11.6 Å². The Labute approximate surface area is 92.3 Å². The van der Waals surface area contributed by atoms with Crippen LogP contribution in [-0.4, -0.2) is 25.5 Å². The number of amides is 1. The minimum absolute atomic E-state index is 0.197. The molecule has 3 nitrogen and oxygen atoms in total. The van der Waals surface area contributed by atoms with E-state index in [4.69, 9.17) is 0 Å². The Morgan fingerprint density at radius 2 is 2.40 bits per heavy atom. The molecule has 1 heterocycles. The molecule has 1 aliphatic rings. The van der Waals surface area contributed by atoms with Crippen LogP contribution in [0.1, 0.15) is 39.0 Å².